The molecule has 2 aromatic heterocycles. The molecule has 4 rings (SSSR count). The average molecular weight is 341 g/mol. The molecule has 0 fully saturated rings. The molecule has 1 amide bonds. The number of rotatable bonds is 3. The minimum Gasteiger partial charge on any atom is -0.504 e. The lowest BCUT2D eigenvalue weighted by atomic mass is 10.1. The summed E-state index contributed by atoms with van der Waals surface area (Å²) in [6.45, 7) is 0. The van der Waals surface area contributed by atoms with Gasteiger partial charge in [0.2, 0.25) is 0 Å². The second-order valence-electron chi connectivity index (χ2n) is 5.84. The Morgan fingerprint density at radius 3 is 2.50 bits per heavy atom. The first kappa shape index (κ1) is 15.8. The second kappa shape index (κ2) is 6.64. The summed E-state index contributed by atoms with van der Waals surface area (Å²) in [5.41, 5.74) is 2.32. The molecule has 0 saturated carbocycles. The molecule has 0 unspecified atom stereocenters. The van der Waals surface area contributed by atoms with Crippen molar-refractivity contribution in [3.8, 4) is 17.0 Å². The van der Waals surface area contributed by atoms with Gasteiger partial charge in [0, 0.05) is 23.5 Å². The lowest BCUT2D eigenvalue weighted by molar-refractivity contribution is 0.102. The monoisotopic (exact) mass is 341 g/mol. The number of hydrogen-bond donors (Lipinski definition) is 2. The number of fused-ring (bicyclic) bond motifs is 1. The van der Waals surface area contributed by atoms with Gasteiger partial charge in [-0.15, -0.1) is 0 Å². The molecule has 5 heteroatoms. The first-order chi connectivity index (χ1) is 12.7. The number of hydrogen-bond acceptors (Lipinski definition) is 4. The summed E-state index contributed by atoms with van der Waals surface area (Å²) in [5, 5.41) is 14.9. The van der Waals surface area contributed by atoms with E-state index in [0.29, 0.717) is 16.9 Å². The van der Waals surface area contributed by atoms with Crippen molar-refractivity contribution in [1.29, 1.82) is 0 Å². The van der Waals surface area contributed by atoms with Crippen molar-refractivity contribution in [2.75, 3.05) is 5.32 Å². The third-order valence-electron chi connectivity index (χ3n) is 4.12. The van der Waals surface area contributed by atoms with Gasteiger partial charge in [-0.1, -0.05) is 30.3 Å². The van der Waals surface area contributed by atoms with Gasteiger partial charge in [-0.25, -0.2) is 0 Å². The lowest BCUT2D eigenvalue weighted by Gasteiger charge is -2.10. The van der Waals surface area contributed by atoms with Crippen molar-refractivity contribution in [2.45, 2.75) is 0 Å². The van der Waals surface area contributed by atoms with Crippen LogP contribution in [0.15, 0.2) is 79.3 Å². The van der Waals surface area contributed by atoms with Crippen molar-refractivity contribution in [2.24, 2.45) is 0 Å². The van der Waals surface area contributed by atoms with Crippen LogP contribution < -0.4 is 5.32 Å². The Balaban J connectivity index is 1.64. The fourth-order valence-electron chi connectivity index (χ4n) is 2.75. The Hall–Kier alpha value is -3.73. The Morgan fingerprint density at radius 2 is 1.69 bits per heavy atom. The van der Waals surface area contributed by atoms with E-state index in [0.717, 1.165) is 16.3 Å². The summed E-state index contributed by atoms with van der Waals surface area (Å²) in [5.74, 6) is -0.380. The van der Waals surface area contributed by atoms with Crippen LogP contribution in [0.3, 0.4) is 0 Å². The molecule has 26 heavy (non-hydrogen) atoms. The average Bonchev–Trinajstić information content (AvgIpc) is 2.70. The first-order valence-electron chi connectivity index (χ1n) is 8.10. The van der Waals surface area contributed by atoms with Gasteiger partial charge in [-0.2, -0.15) is 0 Å². The number of anilines is 1. The Morgan fingerprint density at radius 1 is 0.923 bits per heavy atom. The molecule has 4 aromatic rings. The maximum absolute atomic E-state index is 12.6. The minimum absolute atomic E-state index is 0.0862. The van der Waals surface area contributed by atoms with E-state index >= 15 is 0 Å². The molecule has 0 radical (unpaired) electrons. The zero-order valence-corrected chi connectivity index (χ0v) is 13.8. The van der Waals surface area contributed by atoms with Crippen molar-refractivity contribution in [1.82, 2.24) is 9.97 Å². The maximum Gasteiger partial charge on any atom is 0.255 e. The number of benzene rings is 2. The quantitative estimate of drug-likeness (QED) is 0.584. The van der Waals surface area contributed by atoms with Gasteiger partial charge in [0.25, 0.3) is 5.91 Å². The van der Waals surface area contributed by atoms with Crippen LogP contribution in [0.4, 0.5) is 5.69 Å². The third-order valence-corrected chi connectivity index (χ3v) is 4.12. The van der Waals surface area contributed by atoms with Crippen LogP contribution in [-0.4, -0.2) is 21.0 Å². The number of carbonyl (C=O) groups is 1. The van der Waals surface area contributed by atoms with Crippen LogP contribution in [0.5, 0.6) is 5.75 Å². The van der Waals surface area contributed by atoms with Gasteiger partial charge in [-0.05, 0) is 41.1 Å². The van der Waals surface area contributed by atoms with Gasteiger partial charge >= 0.3 is 0 Å². The summed E-state index contributed by atoms with van der Waals surface area (Å²) in [6, 6.07) is 18.6. The summed E-state index contributed by atoms with van der Waals surface area (Å²) < 4.78 is 0. The third kappa shape index (κ3) is 3.10. The van der Waals surface area contributed by atoms with E-state index < -0.39 is 0 Å². The molecule has 0 saturated heterocycles. The number of carbonyl (C=O) groups excluding carboxylic acids is 1. The predicted molar refractivity (Wildman–Crippen MR) is 101 cm³/mol. The summed E-state index contributed by atoms with van der Waals surface area (Å²) in [6.07, 6.45) is 4.65. The second-order valence-corrected chi connectivity index (χ2v) is 5.84. The van der Waals surface area contributed by atoms with Crippen LogP contribution in [0.2, 0.25) is 0 Å². The number of nitrogens with one attached hydrogen (secondary N) is 1. The summed E-state index contributed by atoms with van der Waals surface area (Å²) in [7, 11) is 0. The minimum atomic E-state index is -0.294. The smallest absolute Gasteiger partial charge is 0.255 e. The molecular formula is C21H15N3O2. The zero-order valence-electron chi connectivity index (χ0n) is 13.8. The topological polar surface area (TPSA) is 75.1 Å². The highest BCUT2D eigenvalue weighted by Crippen LogP contribution is 2.28. The highest BCUT2D eigenvalue weighted by Gasteiger charge is 2.12. The number of aromatic nitrogens is 2. The van der Waals surface area contributed by atoms with Crippen LogP contribution in [0.25, 0.3) is 22.0 Å². The van der Waals surface area contributed by atoms with E-state index in [4.69, 9.17) is 0 Å². The van der Waals surface area contributed by atoms with Crippen LogP contribution in [-0.2, 0) is 0 Å². The fraction of sp³-hybridized carbons (Fsp3) is 0. The number of pyridine rings is 2. The van der Waals surface area contributed by atoms with Crippen LogP contribution >= 0.6 is 0 Å². The Labute approximate surface area is 150 Å². The fourth-order valence-corrected chi connectivity index (χ4v) is 2.75. The molecule has 0 atom stereocenters. The number of amides is 1. The predicted octanol–water partition coefficient (Wildman–Crippen LogP) is 4.25. The van der Waals surface area contributed by atoms with E-state index in [1.54, 1.807) is 24.5 Å². The highest BCUT2D eigenvalue weighted by atomic mass is 16.3. The van der Waals surface area contributed by atoms with Gasteiger partial charge in [0.15, 0.2) is 5.75 Å². The molecule has 0 aliphatic heterocycles. The Bertz CT molecular complexity index is 1090. The van der Waals surface area contributed by atoms with Crippen LogP contribution in [0.1, 0.15) is 10.4 Å². The SMILES string of the molecule is O=C(Nc1cc(-c2ccncc2)ncc1O)c1ccc2ccccc2c1. The number of nitrogens with zero attached hydrogens (tertiary/aromatic N) is 2. The molecule has 2 heterocycles. The van der Waals surface area contributed by atoms with Crippen molar-refractivity contribution < 1.29 is 9.90 Å². The molecule has 2 N–H and O–H groups in total. The van der Waals surface area contributed by atoms with Crippen molar-refractivity contribution >= 4 is 22.4 Å². The van der Waals surface area contributed by atoms with Gasteiger partial charge in [0.1, 0.15) is 0 Å². The standard InChI is InChI=1S/C21H15N3O2/c25-20-13-23-18(15-7-9-22-10-8-15)12-19(20)24-21(26)17-6-5-14-3-1-2-4-16(14)11-17/h1-13,25H,(H,23,24,26). The summed E-state index contributed by atoms with van der Waals surface area (Å²) in [4.78, 5) is 20.8. The van der Waals surface area contributed by atoms with Gasteiger partial charge < -0.3 is 10.4 Å². The van der Waals surface area contributed by atoms with E-state index in [1.165, 1.54) is 6.20 Å². The normalized spacial score (nSPS) is 10.6. The first-order valence-corrected chi connectivity index (χ1v) is 8.10. The molecule has 2 aromatic carbocycles. The van der Waals surface area contributed by atoms with Crippen LogP contribution in [0, 0.1) is 0 Å². The lowest BCUT2D eigenvalue weighted by Crippen LogP contribution is -2.12. The molecular weight excluding hydrogens is 326 g/mol. The van der Waals surface area contributed by atoms with Crippen molar-refractivity contribution in [3.63, 3.8) is 0 Å². The molecule has 0 bridgehead atoms. The van der Waals surface area contributed by atoms with Gasteiger partial charge in [0.05, 0.1) is 17.6 Å². The molecule has 0 aliphatic carbocycles. The van der Waals surface area contributed by atoms with E-state index in [9.17, 15) is 9.90 Å². The van der Waals surface area contributed by atoms with Crippen molar-refractivity contribution in [3.05, 3.63) is 84.8 Å². The Kier molecular flexibility index (Phi) is 4.03. The molecule has 0 aliphatic rings. The van der Waals surface area contributed by atoms with E-state index in [1.807, 2.05) is 48.5 Å². The molecule has 0 spiro atoms. The summed E-state index contributed by atoms with van der Waals surface area (Å²) >= 11 is 0. The maximum atomic E-state index is 12.6. The van der Waals surface area contributed by atoms with E-state index in [2.05, 4.69) is 15.3 Å². The van der Waals surface area contributed by atoms with E-state index in [-0.39, 0.29) is 11.7 Å². The van der Waals surface area contributed by atoms with Gasteiger partial charge in [-0.3, -0.25) is 14.8 Å². The largest absolute Gasteiger partial charge is 0.504 e. The molecule has 5 nitrogen and oxygen atoms in total. The molecule has 126 valence electrons. The zero-order chi connectivity index (χ0) is 17.9. The highest BCUT2D eigenvalue weighted by molar-refractivity contribution is 6.07. The number of aromatic hydroxyl groups is 1.